The van der Waals surface area contributed by atoms with Gasteiger partial charge in [0.05, 0.1) is 6.42 Å². The van der Waals surface area contributed by atoms with Gasteiger partial charge in [-0.15, -0.1) is 0 Å². The summed E-state index contributed by atoms with van der Waals surface area (Å²) in [6.45, 7) is 2.34. The van der Waals surface area contributed by atoms with Gasteiger partial charge in [0, 0.05) is 11.7 Å². The van der Waals surface area contributed by atoms with Crippen molar-refractivity contribution in [3.8, 4) is 0 Å². The molecule has 0 aliphatic rings. The minimum atomic E-state index is -4.40. The molecule has 0 atom stereocenters. The van der Waals surface area contributed by atoms with Crippen LogP contribution in [0.1, 0.15) is 32.3 Å². The summed E-state index contributed by atoms with van der Waals surface area (Å²) in [5.74, 6) is -0.543. The third-order valence-corrected chi connectivity index (χ3v) is 3.45. The van der Waals surface area contributed by atoms with Gasteiger partial charge < -0.3 is 10.6 Å². The first-order valence-electron chi connectivity index (χ1n) is 6.98. The average Bonchev–Trinajstić information content (AvgIpc) is 2.40. The molecule has 1 aromatic rings. The summed E-state index contributed by atoms with van der Waals surface area (Å²) >= 11 is 0. The zero-order chi connectivity index (χ0) is 16.0. The molecule has 0 aliphatic heterocycles. The molecule has 0 saturated heterocycles. The van der Waals surface area contributed by atoms with Crippen molar-refractivity contribution in [3.63, 3.8) is 0 Å². The van der Waals surface area contributed by atoms with Gasteiger partial charge in [-0.05, 0) is 24.5 Å². The van der Waals surface area contributed by atoms with E-state index in [1.807, 2.05) is 0 Å². The second-order valence-electron chi connectivity index (χ2n) is 4.98. The molecule has 0 aromatic heterocycles. The van der Waals surface area contributed by atoms with E-state index in [2.05, 4.69) is 0 Å². The highest BCUT2D eigenvalue weighted by Crippen LogP contribution is 2.22. The first-order valence-corrected chi connectivity index (χ1v) is 6.98. The van der Waals surface area contributed by atoms with Gasteiger partial charge in [-0.25, -0.2) is 0 Å². The third-order valence-electron chi connectivity index (χ3n) is 3.45. The van der Waals surface area contributed by atoms with Crippen molar-refractivity contribution in [2.24, 2.45) is 0 Å². The van der Waals surface area contributed by atoms with Gasteiger partial charge in [0.15, 0.2) is 0 Å². The molecular weight excluding hydrogens is 281 g/mol. The Labute approximate surface area is 122 Å². The van der Waals surface area contributed by atoms with Crippen LogP contribution in [0.3, 0.4) is 0 Å². The van der Waals surface area contributed by atoms with Gasteiger partial charge in [0.25, 0.3) is 0 Å². The number of nitrogens with two attached hydrogens (primary N) is 1. The summed E-state index contributed by atoms with van der Waals surface area (Å²) in [6, 6.07) is 6.31. The molecule has 0 fully saturated rings. The second kappa shape index (κ2) is 7.33. The smallest absolute Gasteiger partial charge is 0.398 e. The Hall–Kier alpha value is -1.72. The molecular formula is C15H21F3N2O. The normalized spacial score (nSPS) is 11.7. The van der Waals surface area contributed by atoms with Crippen molar-refractivity contribution in [1.29, 1.82) is 0 Å². The fourth-order valence-corrected chi connectivity index (χ4v) is 2.30. The van der Waals surface area contributed by atoms with Gasteiger partial charge in [0.2, 0.25) is 5.91 Å². The molecule has 0 radical (unpaired) electrons. The maximum Gasteiger partial charge on any atom is 0.406 e. The molecule has 1 rings (SSSR count). The number of nitrogens with zero attached hydrogens (tertiary/aromatic N) is 1. The van der Waals surface area contributed by atoms with E-state index < -0.39 is 24.7 Å². The third kappa shape index (κ3) is 5.28. The molecule has 0 saturated carbocycles. The molecule has 1 aromatic carbocycles. The Kier molecular flexibility index (Phi) is 6.05. The molecule has 0 aliphatic carbocycles. The van der Waals surface area contributed by atoms with E-state index >= 15 is 0 Å². The Morgan fingerprint density at radius 1 is 1.24 bits per heavy atom. The largest absolute Gasteiger partial charge is 0.406 e. The maximum atomic E-state index is 12.7. The van der Waals surface area contributed by atoms with Crippen LogP contribution in [-0.2, 0) is 11.2 Å². The monoisotopic (exact) mass is 302 g/mol. The van der Waals surface area contributed by atoms with Gasteiger partial charge in [-0.3, -0.25) is 4.79 Å². The molecule has 0 heterocycles. The number of carbonyl (C=O) groups is 1. The first kappa shape index (κ1) is 17.3. The van der Waals surface area contributed by atoms with Crippen molar-refractivity contribution >= 4 is 11.6 Å². The van der Waals surface area contributed by atoms with Crippen LogP contribution in [0.25, 0.3) is 0 Å². The van der Waals surface area contributed by atoms with Gasteiger partial charge in [-0.2, -0.15) is 13.2 Å². The van der Waals surface area contributed by atoms with Crippen LogP contribution < -0.4 is 5.73 Å². The fraction of sp³-hybridized carbons (Fsp3) is 0.533. The van der Waals surface area contributed by atoms with Crippen LogP contribution in [0.2, 0.25) is 0 Å². The van der Waals surface area contributed by atoms with E-state index in [1.54, 1.807) is 38.1 Å². The van der Waals surface area contributed by atoms with Crippen LogP contribution in [-0.4, -0.2) is 29.6 Å². The number of alkyl halides is 3. The number of amides is 1. The van der Waals surface area contributed by atoms with Gasteiger partial charge in [-0.1, -0.05) is 32.0 Å². The standard InChI is InChI=1S/C15H21F3N2O/c1-3-12(4-2)20(10-15(16,17)18)14(21)9-11-7-5-6-8-13(11)19/h5-8,12H,3-4,9-10,19H2,1-2H3. The van der Waals surface area contributed by atoms with Crippen LogP contribution in [0.4, 0.5) is 18.9 Å². The highest BCUT2D eigenvalue weighted by atomic mass is 19.4. The van der Waals surface area contributed by atoms with Crippen LogP contribution in [0, 0.1) is 0 Å². The molecule has 21 heavy (non-hydrogen) atoms. The Morgan fingerprint density at radius 3 is 2.29 bits per heavy atom. The molecule has 3 nitrogen and oxygen atoms in total. The lowest BCUT2D eigenvalue weighted by atomic mass is 10.1. The Morgan fingerprint density at radius 2 is 1.81 bits per heavy atom. The van der Waals surface area contributed by atoms with Crippen LogP contribution in [0.5, 0.6) is 0 Å². The van der Waals surface area contributed by atoms with Crippen LogP contribution >= 0.6 is 0 Å². The predicted octanol–water partition coefficient (Wildman–Crippen LogP) is 3.39. The molecule has 0 unspecified atom stereocenters. The average molecular weight is 302 g/mol. The van der Waals surface area contributed by atoms with E-state index in [1.165, 1.54) is 0 Å². The van der Waals surface area contributed by atoms with Gasteiger partial charge in [0.1, 0.15) is 6.54 Å². The van der Waals surface area contributed by atoms with Crippen LogP contribution in [0.15, 0.2) is 24.3 Å². The Balaban J connectivity index is 2.92. The van der Waals surface area contributed by atoms with Crippen molar-refractivity contribution < 1.29 is 18.0 Å². The predicted molar refractivity (Wildman–Crippen MR) is 76.7 cm³/mol. The highest BCUT2D eigenvalue weighted by molar-refractivity contribution is 5.80. The number of hydrogen-bond donors (Lipinski definition) is 1. The number of halogens is 3. The number of carbonyl (C=O) groups excluding carboxylic acids is 1. The zero-order valence-electron chi connectivity index (χ0n) is 12.3. The summed E-state index contributed by atoms with van der Waals surface area (Å²) < 4.78 is 38.1. The maximum absolute atomic E-state index is 12.7. The zero-order valence-corrected chi connectivity index (χ0v) is 12.3. The Bertz CT molecular complexity index is 470. The van der Waals surface area contributed by atoms with E-state index in [0.29, 0.717) is 24.1 Å². The number of para-hydroxylation sites is 1. The summed E-state index contributed by atoms with van der Waals surface area (Å²) in [5.41, 5.74) is 6.72. The molecule has 0 bridgehead atoms. The summed E-state index contributed by atoms with van der Waals surface area (Å²) in [6.07, 6.45) is -3.54. The lowest BCUT2D eigenvalue weighted by Crippen LogP contribution is -2.46. The number of rotatable bonds is 6. The summed E-state index contributed by atoms with van der Waals surface area (Å²) in [5, 5.41) is 0. The second-order valence-corrected chi connectivity index (χ2v) is 4.98. The van der Waals surface area contributed by atoms with Crippen molar-refractivity contribution in [2.75, 3.05) is 12.3 Å². The summed E-state index contributed by atoms with van der Waals surface area (Å²) in [4.78, 5) is 13.2. The number of anilines is 1. The number of benzene rings is 1. The van der Waals surface area contributed by atoms with Crippen molar-refractivity contribution in [2.45, 2.75) is 45.3 Å². The highest BCUT2D eigenvalue weighted by Gasteiger charge is 2.35. The quantitative estimate of drug-likeness (QED) is 0.819. The lowest BCUT2D eigenvalue weighted by molar-refractivity contribution is -0.165. The van der Waals surface area contributed by atoms with E-state index in [-0.39, 0.29) is 6.42 Å². The number of nitrogen functional groups attached to an aromatic ring is 1. The lowest BCUT2D eigenvalue weighted by Gasteiger charge is -2.31. The van der Waals surface area contributed by atoms with E-state index in [4.69, 9.17) is 5.73 Å². The summed E-state index contributed by atoms with van der Waals surface area (Å²) in [7, 11) is 0. The number of hydrogen-bond acceptors (Lipinski definition) is 2. The minimum Gasteiger partial charge on any atom is -0.398 e. The topological polar surface area (TPSA) is 46.3 Å². The molecule has 1 amide bonds. The molecule has 0 spiro atoms. The molecule has 118 valence electrons. The van der Waals surface area contributed by atoms with Crippen molar-refractivity contribution in [1.82, 2.24) is 4.90 Å². The van der Waals surface area contributed by atoms with Gasteiger partial charge >= 0.3 is 6.18 Å². The van der Waals surface area contributed by atoms with E-state index in [0.717, 1.165) is 4.90 Å². The fourth-order valence-electron chi connectivity index (χ4n) is 2.30. The van der Waals surface area contributed by atoms with Crippen molar-refractivity contribution in [3.05, 3.63) is 29.8 Å². The first-order chi connectivity index (χ1) is 9.78. The minimum absolute atomic E-state index is 0.112. The molecule has 6 heteroatoms. The van der Waals surface area contributed by atoms with E-state index in [9.17, 15) is 18.0 Å². The molecule has 2 N–H and O–H groups in total. The SMILES string of the molecule is CCC(CC)N(CC(F)(F)F)C(=O)Cc1ccccc1N.